The third-order valence-electron chi connectivity index (χ3n) is 4.98. The molecule has 1 N–H and O–H groups in total. The molecule has 3 rings (SSSR count). The van der Waals surface area contributed by atoms with Gasteiger partial charge in [0.1, 0.15) is 0 Å². The van der Waals surface area contributed by atoms with E-state index in [4.69, 9.17) is 16.3 Å². The second kappa shape index (κ2) is 6.42. The number of piperidine rings is 1. The number of hydrogen-bond donors (Lipinski definition) is 1. The molecular formula is C18H25ClN2O2. The van der Waals surface area contributed by atoms with Crippen LogP contribution in [0.25, 0.3) is 0 Å². The van der Waals surface area contributed by atoms with Crippen LogP contribution in [0, 0.1) is 5.41 Å². The molecule has 2 heterocycles. The molecule has 4 nitrogen and oxygen atoms in total. The average Bonchev–Trinajstić information content (AvgIpc) is 2.79. The van der Waals surface area contributed by atoms with Crippen molar-refractivity contribution in [3.63, 3.8) is 0 Å². The Morgan fingerprint density at radius 1 is 1.26 bits per heavy atom. The van der Waals surface area contributed by atoms with Crippen molar-refractivity contribution in [1.29, 1.82) is 0 Å². The van der Waals surface area contributed by atoms with E-state index in [9.17, 15) is 4.79 Å². The van der Waals surface area contributed by atoms with Gasteiger partial charge in [-0.05, 0) is 75.9 Å². The van der Waals surface area contributed by atoms with Crippen molar-refractivity contribution in [3.8, 4) is 0 Å². The molecule has 23 heavy (non-hydrogen) atoms. The molecule has 0 atom stereocenters. The second-order valence-electron chi connectivity index (χ2n) is 7.56. The van der Waals surface area contributed by atoms with Gasteiger partial charge in [0.2, 0.25) is 5.91 Å². The maximum absolute atomic E-state index is 12.2. The Labute approximate surface area is 143 Å². The topological polar surface area (TPSA) is 41.6 Å². The highest BCUT2D eigenvalue weighted by Gasteiger charge is 2.45. The van der Waals surface area contributed by atoms with Gasteiger partial charge in [-0.3, -0.25) is 9.69 Å². The van der Waals surface area contributed by atoms with Crippen LogP contribution in [0.3, 0.4) is 0 Å². The Bertz CT molecular complexity index is 563. The highest BCUT2D eigenvalue weighted by Crippen LogP contribution is 2.46. The van der Waals surface area contributed by atoms with Crippen molar-refractivity contribution >= 4 is 23.2 Å². The standard InChI is InChI=1S/C18H25ClN2O2/c1-17(2)12-18(13-23-17)7-9-21(10-8-18)11-16(22)20-15-5-3-14(19)4-6-15/h3-6H,7-13H2,1-2H3,(H,20,22). The molecule has 2 aliphatic rings. The average molecular weight is 337 g/mol. The number of carbonyl (C=O) groups excluding carboxylic acids is 1. The van der Waals surface area contributed by atoms with Crippen LogP contribution < -0.4 is 5.32 Å². The van der Waals surface area contributed by atoms with Gasteiger partial charge >= 0.3 is 0 Å². The third kappa shape index (κ3) is 4.25. The molecule has 0 unspecified atom stereocenters. The molecule has 1 aromatic carbocycles. The molecule has 2 saturated heterocycles. The summed E-state index contributed by atoms with van der Waals surface area (Å²) in [6, 6.07) is 7.21. The van der Waals surface area contributed by atoms with Crippen LogP contribution in [0.5, 0.6) is 0 Å². The summed E-state index contributed by atoms with van der Waals surface area (Å²) in [7, 11) is 0. The molecule has 1 amide bonds. The van der Waals surface area contributed by atoms with Crippen LogP contribution in [0.4, 0.5) is 5.69 Å². The maximum atomic E-state index is 12.2. The fraction of sp³-hybridized carbons (Fsp3) is 0.611. The second-order valence-corrected chi connectivity index (χ2v) is 7.99. The van der Waals surface area contributed by atoms with Crippen LogP contribution in [0.2, 0.25) is 5.02 Å². The number of nitrogens with zero attached hydrogens (tertiary/aromatic N) is 1. The number of hydrogen-bond acceptors (Lipinski definition) is 3. The molecule has 5 heteroatoms. The summed E-state index contributed by atoms with van der Waals surface area (Å²) < 4.78 is 5.93. The molecule has 0 aliphatic carbocycles. The zero-order valence-corrected chi connectivity index (χ0v) is 14.7. The van der Waals surface area contributed by atoms with Gasteiger partial charge in [0.15, 0.2) is 0 Å². The van der Waals surface area contributed by atoms with Gasteiger partial charge < -0.3 is 10.1 Å². The van der Waals surface area contributed by atoms with E-state index in [1.54, 1.807) is 12.1 Å². The Hall–Kier alpha value is -1.10. The highest BCUT2D eigenvalue weighted by molar-refractivity contribution is 6.30. The fourth-order valence-electron chi connectivity index (χ4n) is 3.80. The SMILES string of the molecule is CC1(C)CC2(CCN(CC(=O)Nc3ccc(Cl)cc3)CC2)CO1. The summed E-state index contributed by atoms with van der Waals surface area (Å²) in [4.78, 5) is 14.4. The van der Waals surface area contributed by atoms with Crippen molar-refractivity contribution in [2.75, 3.05) is 31.6 Å². The normalized spacial score (nSPS) is 23.1. The molecule has 0 bridgehead atoms. The van der Waals surface area contributed by atoms with E-state index in [2.05, 4.69) is 24.1 Å². The van der Waals surface area contributed by atoms with Gasteiger partial charge in [-0.1, -0.05) is 11.6 Å². The molecule has 2 fully saturated rings. The lowest BCUT2D eigenvalue weighted by Crippen LogP contribution is -2.44. The van der Waals surface area contributed by atoms with Gasteiger partial charge in [0.25, 0.3) is 0 Å². The van der Waals surface area contributed by atoms with Crippen molar-refractivity contribution in [1.82, 2.24) is 4.90 Å². The number of likely N-dealkylation sites (tertiary alicyclic amines) is 1. The first-order valence-electron chi connectivity index (χ1n) is 8.28. The molecule has 1 spiro atoms. The lowest BCUT2D eigenvalue weighted by molar-refractivity contribution is -0.117. The van der Waals surface area contributed by atoms with Crippen molar-refractivity contribution in [2.24, 2.45) is 5.41 Å². The van der Waals surface area contributed by atoms with E-state index < -0.39 is 0 Å². The minimum Gasteiger partial charge on any atom is -0.375 e. The van der Waals surface area contributed by atoms with Crippen LogP contribution >= 0.6 is 11.6 Å². The van der Waals surface area contributed by atoms with Crippen molar-refractivity contribution in [2.45, 2.75) is 38.7 Å². The molecule has 0 aromatic heterocycles. The van der Waals surface area contributed by atoms with Gasteiger partial charge in [-0.25, -0.2) is 0 Å². The van der Waals surface area contributed by atoms with Crippen molar-refractivity contribution in [3.05, 3.63) is 29.3 Å². The van der Waals surface area contributed by atoms with E-state index in [1.165, 1.54) is 0 Å². The zero-order chi connectivity index (χ0) is 16.5. The number of halogens is 1. The molecule has 0 radical (unpaired) electrons. The molecule has 1 aromatic rings. The first-order valence-corrected chi connectivity index (χ1v) is 8.66. The van der Waals surface area contributed by atoms with Gasteiger partial charge in [-0.15, -0.1) is 0 Å². The van der Waals surface area contributed by atoms with E-state index in [0.717, 1.165) is 44.6 Å². The fourth-order valence-corrected chi connectivity index (χ4v) is 3.92. The number of anilines is 1. The summed E-state index contributed by atoms with van der Waals surface area (Å²) in [5.74, 6) is 0.0336. The largest absolute Gasteiger partial charge is 0.375 e. The lowest BCUT2D eigenvalue weighted by atomic mass is 9.74. The van der Waals surface area contributed by atoms with E-state index in [0.29, 0.717) is 17.0 Å². The Morgan fingerprint density at radius 2 is 1.91 bits per heavy atom. The maximum Gasteiger partial charge on any atom is 0.238 e. The number of nitrogens with one attached hydrogen (secondary N) is 1. The predicted octanol–water partition coefficient (Wildman–Crippen LogP) is 3.56. The minimum absolute atomic E-state index is 0.00806. The van der Waals surface area contributed by atoms with Gasteiger partial charge in [-0.2, -0.15) is 0 Å². The van der Waals surface area contributed by atoms with Crippen LogP contribution in [-0.4, -0.2) is 42.6 Å². The van der Waals surface area contributed by atoms with E-state index in [-0.39, 0.29) is 11.5 Å². The Kier molecular flexibility index (Phi) is 4.68. The summed E-state index contributed by atoms with van der Waals surface area (Å²) in [6.45, 7) is 7.59. The van der Waals surface area contributed by atoms with Crippen LogP contribution in [0.1, 0.15) is 33.1 Å². The quantitative estimate of drug-likeness (QED) is 0.917. The number of benzene rings is 1. The number of rotatable bonds is 3. The summed E-state index contributed by atoms with van der Waals surface area (Å²) in [5.41, 5.74) is 1.12. The smallest absolute Gasteiger partial charge is 0.238 e. The summed E-state index contributed by atoms with van der Waals surface area (Å²) >= 11 is 5.85. The van der Waals surface area contributed by atoms with Crippen molar-refractivity contribution < 1.29 is 9.53 Å². The minimum atomic E-state index is 0.00806. The first-order chi connectivity index (χ1) is 10.9. The van der Waals surface area contributed by atoms with E-state index in [1.807, 2.05) is 12.1 Å². The monoisotopic (exact) mass is 336 g/mol. The Morgan fingerprint density at radius 3 is 2.48 bits per heavy atom. The molecular weight excluding hydrogens is 312 g/mol. The first kappa shape index (κ1) is 16.7. The number of carbonyl (C=O) groups is 1. The highest BCUT2D eigenvalue weighted by atomic mass is 35.5. The zero-order valence-electron chi connectivity index (χ0n) is 13.9. The molecule has 2 aliphatic heterocycles. The summed E-state index contributed by atoms with van der Waals surface area (Å²) in [5, 5.41) is 3.60. The van der Waals surface area contributed by atoms with Gasteiger partial charge in [0, 0.05) is 10.7 Å². The van der Waals surface area contributed by atoms with Crippen LogP contribution in [-0.2, 0) is 9.53 Å². The predicted molar refractivity (Wildman–Crippen MR) is 92.8 cm³/mol. The molecule has 0 saturated carbocycles. The molecule has 126 valence electrons. The van der Waals surface area contributed by atoms with Crippen LogP contribution in [0.15, 0.2) is 24.3 Å². The number of amides is 1. The van der Waals surface area contributed by atoms with Gasteiger partial charge in [0.05, 0.1) is 18.8 Å². The van der Waals surface area contributed by atoms with E-state index >= 15 is 0 Å². The number of ether oxygens (including phenoxy) is 1. The third-order valence-corrected chi connectivity index (χ3v) is 5.23. The Balaban J connectivity index is 1.47. The summed E-state index contributed by atoms with van der Waals surface area (Å²) in [6.07, 6.45) is 3.36. The lowest BCUT2D eigenvalue weighted by Gasteiger charge is -2.38.